The van der Waals surface area contributed by atoms with Crippen molar-refractivity contribution in [3.63, 3.8) is 0 Å². The number of carbonyl (C=O) groups is 1. The number of carbonyl (C=O) groups excluding carboxylic acids is 1. The van der Waals surface area contributed by atoms with Crippen LogP contribution in [0.1, 0.15) is 37.7 Å². The van der Waals surface area contributed by atoms with E-state index in [-0.39, 0.29) is 23.6 Å². The first kappa shape index (κ1) is 13.1. The van der Waals surface area contributed by atoms with E-state index in [4.69, 9.17) is 4.74 Å². The van der Waals surface area contributed by atoms with Gasteiger partial charge in [0.25, 0.3) is 0 Å². The highest BCUT2D eigenvalue weighted by molar-refractivity contribution is 5.74. The van der Waals surface area contributed by atoms with Gasteiger partial charge in [-0.3, -0.25) is 0 Å². The molecule has 4 rings (SSSR count). The summed E-state index contributed by atoms with van der Waals surface area (Å²) < 4.78 is 5.77. The summed E-state index contributed by atoms with van der Waals surface area (Å²) in [6, 6.07) is 10.7. The van der Waals surface area contributed by atoms with Crippen molar-refractivity contribution < 1.29 is 9.53 Å². The van der Waals surface area contributed by atoms with Gasteiger partial charge < -0.3 is 15.4 Å². The van der Waals surface area contributed by atoms with Crippen LogP contribution in [-0.4, -0.2) is 30.8 Å². The normalized spacial score (nSPS) is 31.9. The Hall–Kier alpha value is -1.55. The predicted molar refractivity (Wildman–Crippen MR) is 80.2 cm³/mol. The van der Waals surface area contributed by atoms with Gasteiger partial charge in [-0.05, 0) is 37.7 Å². The lowest BCUT2D eigenvalue weighted by Gasteiger charge is -2.22. The summed E-state index contributed by atoms with van der Waals surface area (Å²) in [7, 11) is 0. The smallest absolute Gasteiger partial charge is 0.315 e. The molecule has 4 nitrogen and oxygen atoms in total. The molecule has 0 spiro atoms. The lowest BCUT2D eigenvalue weighted by Crippen LogP contribution is -2.48. The highest BCUT2D eigenvalue weighted by atomic mass is 16.5. The zero-order valence-electron chi connectivity index (χ0n) is 12.2. The van der Waals surface area contributed by atoms with E-state index in [1.165, 1.54) is 5.56 Å². The fourth-order valence-electron chi connectivity index (χ4n) is 3.77. The van der Waals surface area contributed by atoms with Crippen LogP contribution in [-0.2, 0) is 10.2 Å². The Bertz CT molecular complexity index is 527. The van der Waals surface area contributed by atoms with E-state index in [2.05, 4.69) is 34.9 Å². The molecule has 2 heterocycles. The predicted octanol–water partition coefficient (Wildman–Crippen LogP) is 2.34. The third-order valence-corrected chi connectivity index (χ3v) is 5.25. The molecule has 0 unspecified atom stereocenters. The number of hydrogen-bond acceptors (Lipinski definition) is 2. The molecule has 1 aliphatic carbocycles. The molecule has 112 valence electrons. The number of nitrogens with one attached hydrogen (secondary N) is 2. The van der Waals surface area contributed by atoms with E-state index >= 15 is 0 Å². The molecule has 21 heavy (non-hydrogen) atoms. The van der Waals surface area contributed by atoms with Crippen molar-refractivity contribution in [1.29, 1.82) is 0 Å². The van der Waals surface area contributed by atoms with Gasteiger partial charge in [-0.2, -0.15) is 0 Å². The Morgan fingerprint density at radius 2 is 2.05 bits per heavy atom. The molecule has 2 N–H and O–H groups in total. The molecule has 3 fully saturated rings. The highest BCUT2D eigenvalue weighted by Gasteiger charge is 2.45. The van der Waals surface area contributed by atoms with E-state index < -0.39 is 0 Å². The molecule has 2 bridgehead atoms. The Morgan fingerprint density at radius 3 is 2.67 bits per heavy atom. The van der Waals surface area contributed by atoms with E-state index in [0.717, 1.165) is 38.6 Å². The van der Waals surface area contributed by atoms with Crippen LogP contribution in [0, 0.1) is 0 Å². The number of fused-ring (bicyclic) bond motifs is 2. The molecule has 0 radical (unpaired) electrons. The van der Waals surface area contributed by atoms with Crippen LogP contribution in [0.25, 0.3) is 0 Å². The number of ether oxygens (including phenoxy) is 1. The Kier molecular flexibility index (Phi) is 3.14. The van der Waals surface area contributed by atoms with Crippen molar-refractivity contribution in [2.24, 2.45) is 0 Å². The average molecular weight is 286 g/mol. The lowest BCUT2D eigenvalue weighted by atomic mass is 9.95. The van der Waals surface area contributed by atoms with Crippen molar-refractivity contribution in [2.75, 3.05) is 6.54 Å². The second-order valence-electron chi connectivity index (χ2n) is 6.69. The summed E-state index contributed by atoms with van der Waals surface area (Å²) in [6.07, 6.45) is 6.15. The Balaban J connectivity index is 1.30. The molecule has 2 saturated heterocycles. The summed E-state index contributed by atoms with van der Waals surface area (Å²) >= 11 is 0. The zero-order valence-corrected chi connectivity index (χ0v) is 12.2. The van der Waals surface area contributed by atoms with Gasteiger partial charge >= 0.3 is 6.03 Å². The van der Waals surface area contributed by atoms with Crippen LogP contribution in [0.15, 0.2) is 30.3 Å². The molecule has 1 aromatic rings. The van der Waals surface area contributed by atoms with Crippen molar-refractivity contribution in [3.05, 3.63) is 35.9 Å². The van der Waals surface area contributed by atoms with Gasteiger partial charge in [-0.1, -0.05) is 30.3 Å². The molecule has 3 aliphatic rings. The maximum Gasteiger partial charge on any atom is 0.315 e. The zero-order chi connectivity index (χ0) is 14.3. The average Bonchev–Trinajstić information content (AvgIpc) is 3.03. The molecule has 2 aliphatic heterocycles. The van der Waals surface area contributed by atoms with Crippen LogP contribution < -0.4 is 10.6 Å². The minimum atomic E-state index is -0.0432. The van der Waals surface area contributed by atoms with Crippen LogP contribution in [0.4, 0.5) is 4.79 Å². The number of urea groups is 1. The van der Waals surface area contributed by atoms with Crippen LogP contribution in [0.3, 0.4) is 0 Å². The molecule has 0 aromatic heterocycles. The van der Waals surface area contributed by atoms with E-state index in [0.29, 0.717) is 6.10 Å². The van der Waals surface area contributed by atoms with Gasteiger partial charge in [0.2, 0.25) is 0 Å². The SMILES string of the molecule is O=C(NCC1(c2ccccc2)CC1)N[C@@H]1C[C@H]2CC[C@H]1O2. The minimum Gasteiger partial charge on any atom is -0.373 e. The maximum absolute atomic E-state index is 12.1. The number of hydrogen-bond donors (Lipinski definition) is 2. The van der Waals surface area contributed by atoms with Crippen molar-refractivity contribution in [1.82, 2.24) is 10.6 Å². The molecule has 1 aromatic carbocycles. The number of rotatable bonds is 4. The standard InChI is InChI=1S/C17H22N2O2/c20-16(19-14-10-13-6-7-15(14)21-13)18-11-17(8-9-17)12-4-2-1-3-5-12/h1-5,13-15H,6-11H2,(H2,18,19,20)/t13-,14-,15-/m1/s1. The fourth-order valence-corrected chi connectivity index (χ4v) is 3.77. The van der Waals surface area contributed by atoms with Gasteiger partial charge in [0, 0.05) is 12.0 Å². The van der Waals surface area contributed by atoms with Crippen LogP contribution >= 0.6 is 0 Å². The third-order valence-electron chi connectivity index (χ3n) is 5.25. The molecule has 2 amide bonds. The number of amides is 2. The summed E-state index contributed by atoms with van der Waals surface area (Å²) in [6.45, 7) is 0.727. The Labute approximate surface area is 125 Å². The molecule has 3 atom stereocenters. The second kappa shape index (κ2) is 5.02. The Morgan fingerprint density at radius 1 is 1.24 bits per heavy atom. The summed E-state index contributed by atoms with van der Waals surface area (Å²) in [5, 5.41) is 6.15. The molecule has 1 saturated carbocycles. The second-order valence-corrected chi connectivity index (χ2v) is 6.69. The largest absolute Gasteiger partial charge is 0.373 e. The summed E-state index contributed by atoms with van der Waals surface area (Å²) in [5.74, 6) is 0. The van der Waals surface area contributed by atoms with E-state index in [1.807, 2.05) is 6.07 Å². The summed E-state index contributed by atoms with van der Waals surface area (Å²) in [4.78, 5) is 12.1. The first-order chi connectivity index (χ1) is 10.3. The van der Waals surface area contributed by atoms with Gasteiger partial charge in [-0.25, -0.2) is 4.79 Å². The first-order valence-corrected chi connectivity index (χ1v) is 8.01. The molecular formula is C17H22N2O2. The van der Waals surface area contributed by atoms with E-state index in [9.17, 15) is 4.79 Å². The van der Waals surface area contributed by atoms with Gasteiger partial charge in [0.05, 0.1) is 18.2 Å². The van der Waals surface area contributed by atoms with Gasteiger partial charge in [0.15, 0.2) is 0 Å². The lowest BCUT2D eigenvalue weighted by molar-refractivity contribution is 0.0981. The van der Waals surface area contributed by atoms with Crippen molar-refractivity contribution in [3.8, 4) is 0 Å². The molecular weight excluding hydrogens is 264 g/mol. The summed E-state index contributed by atoms with van der Waals surface area (Å²) in [5.41, 5.74) is 1.51. The minimum absolute atomic E-state index is 0.0432. The molecule has 4 heteroatoms. The quantitative estimate of drug-likeness (QED) is 0.892. The van der Waals surface area contributed by atoms with Crippen LogP contribution in [0.2, 0.25) is 0 Å². The van der Waals surface area contributed by atoms with Crippen LogP contribution in [0.5, 0.6) is 0 Å². The van der Waals surface area contributed by atoms with Crippen molar-refractivity contribution in [2.45, 2.75) is 55.8 Å². The van der Waals surface area contributed by atoms with Gasteiger partial charge in [-0.15, -0.1) is 0 Å². The maximum atomic E-state index is 12.1. The fraction of sp³-hybridized carbons (Fsp3) is 0.588. The monoisotopic (exact) mass is 286 g/mol. The van der Waals surface area contributed by atoms with Crippen molar-refractivity contribution >= 4 is 6.03 Å². The topological polar surface area (TPSA) is 50.4 Å². The van der Waals surface area contributed by atoms with Gasteiger partial charge in [0.1, 0.15) is 0 Å². The number of benzene rings is 1. The highest BCUT2D eigenvalue weighted by Crippen LogP contribution is 2.47. The van der Waals surface area contributed by atoms with E-state index in [1.54, 1.807) is 0 Å². The first-order valence-electron chi connectivity index (χ1n) is 8.01. The third kappa shape index (κ3) is 2.53.